The standard InChI is InChI=1S/C26H25FN2O2/c1-17-6-9-19(10-7-17)16-29-24-12-18(2)8-11-22(24)23(25(29)26(30)31)15-28-14-20-4-3-5-21(27)13-20/h3-13,28H,14-16H2,1-2H3,(H,30,31). The number of hydrogen-bond donors (Lipinski definition) is 2. The van der Waals surface area contributed by atoms with E-state index in [1.165, 1.54) is 12.1 Å². The zero-order valence-corrected chi connectivity index (χ0v) is 17.7. The van der Waals surface area contributed by atoms with E-state index in [9.17, 15) is 14.3 Å². The number of rotatable bonds is 7. The van der Waals surface area contributed by atoms with Crippen molar-refractivity contribution >= 4 is 16.9 Å². The quantitative estimate of drug-likeness (QED) is 0.422. The molecule has 31 heavy (non-hydrogen) atoms. The second-order valence-electron chi connectivity index (χ2n) is 7.96. The van der Waals surface area contributed by atoms with Crippen LogP contribution in [0.4, 0.5) is 4.39 Å². The van der Waals surface area contributed by atoms with E-state index in [1.807, 2.05) is 66.9 Å². The van der Waals surface area contributed by atoms with Gasteiger partial charge in [0.05, 0.1) is 0 Å². The molecule has 2 N–H and O–H groups in total. The van der Waals surface area contributed by atoms with Crippen molar-refractivity contribution in [1.82, 2.24) is 9.88 Å². The van der Waals surface area contributed by atoms with Gasteiger partial charge in [0, 0.05) is 36.1 Å². The molecule has 0 saturated carbocycles. The average Bonchev–Trinajstić information content (AvgIpc) is 3.02. The second kappa shape index (κ2) is 8.74. The summed E-state index contributed by atoms with van der Waals surface area (Å²) in [5.74, 6) is -1.24. The van der Waals surface area contributed by atoms with E-state index in [0.717, 1.165) is 38.7 Å². The number of nitrogens with one attached hydrogen (secondary N) is 1. The molecule has 0 unspecified atom stereocenters. The maximum atomic E-state index is 13.5. The highest BCUT2D eigenvalue weighted by molar-refractivity contribution is 5.98. The Kier molecular flexibility index (Phi) is 5.87. The van der Waals surface area contributed by atoms with Crippen molar-refractivity contribution in [3.8, 4) is 0 Å². The predicted molar refractivity (Wildman–Crippen MR) is 121 cm³/mol. The highest BCUT2D eigenvalue weighted by Gasteiger charge is 2.22. The topological polar surface area (TPSA) is 54.3 Å². The van der Waals surface area contributed by atoms with Gasteiger partial charge in [0.15, 0.2) is 0 Å². The number of hydrogen-bond acceptors (Lipinski definition) is 2. The maximum absolute atomic E-state index is 13.5. The van der Waals surface area contributed by atoms with Crippen molar-refractivity contribution in [2.75, 3.05) is 0 Å². The molecule has 0 bridgehead atoms. The minimum Gasteiger partial charge on any atom is -0.477 e. The molecule has 0 aliphatic rings. The van der Waals surface area contributed by atoms with Crippen molar-refractivity contribution in [3.05, 3.63) is 106 Å². The lowest BCUT2D eigenvalue weighted by molar-refractivity contribution is 0.0684. The fourth-order valence-electron chi connectivity index (χ4n) is 3.97. The molecule has 0 radical (unpaired) electrons. The van der Waals surface area contributed by atoms with E-state index in [0.29, 0.717) is 19.6 Å². The summed E-state index contributed by atoms with van der Waals surface area (Å²) in [7, 11) is 0. The summed E-state index contributed by atoms with van der Waals surface area (Å²) in [5.41, 5.74) is 6.03. The summed E-state index contributed by atoms with van der Waals surface area (Å²) in [6.07, 6.45) is 0. The van der Waals surface area contributed by atoms with Crippen LogP contribution in [0.3, 0.4) is 0 Å². The second-order valence-corrected chi connectivity index (χ2v) is 7.96. The molecule has 3 aromatic carbocycles. The fourth-order valence-corrected chi connectivity index (χ4v) is 3.97. The van der Waals surface area contributed by atoms with Crippen LogP contribution in [0.25, 0.3) is 10.9 Å². The van der Waals surface area contributed by atoms with Crippen molar-refractivity contribution in [3.63, 3.8) is 0 Å². The Morgan fingerprint density at radius 3 is 2.39 bits per heavy atom. The Bertz CT molecular complexity index is 1240. The molecule has 1 heterocycles. The zero-order valence-electron chi connectivity index (χ0n) is 17.7. The van der Waals surface area contributed by atoms with E-state index >= 15 is 0 Å². The van der Waals surface area contributed by atoms with Crippen LogP contribution in [-0.4, -0.2) is 15.6 Å². The van der Waals surface area contributed by atoms with Crippen LogP contribution in [0.15, 0.2) is 66.7 Å². The molecule has 0 spiro atoms. The van der Waals surface area contributed by atoms with Crippen LogP contribution >= 0.6 is 0 Å². The Hall–Kier alpha value is -3.44. The van der Waals surface area contributed by atoms with Crippen LogP contribution in [-0.2, 0) is 19.6 Å². The SMILES string of the molecule is Cc1ccc(Cn2c(C(=O)O)c(CNCc3cccc(F)c3)c3ccc(C)cc32)cc1. The molecular formula is C26H25FN2O2. The number of carboxylic acids is 1. The van der Waals surface area contributed by atoms with Gasteiger partial charge in [0.1, 0.15) is 11.5 Å². The first-order valence-electron chi connectivity index (χ1n) is 10.3. The number of nitrogens with zero attached hydrogens (tertiary/aromatic N) is 1. The van der Waals surface area contributed by atoms with Gasteiger partial charge in [-0.05, 0) is 48.7 Å². The minimum atomic E-state index is -0.955. The van der Waals surface area contributed by atoms with Gasteiger partial charge in [0.2, 0.25) is 0 Å². The van der Waals surface area contributed by atoms with Gasteiger partial charge in [-0.3, -0.25) is 0 Å². The van der Waals surface area contributed by atoms with Crippen LogP contribution < -0.4 is 5.32 Å². The zero-order chi connectivity index (χ0) is 22.0. The monoisotopic (exact) mass is 416 g/mol. The molecule has 0 fully saturated rings. The van der Waals surface area contributed by atoms with Gasteiger partial charge in [-0.2, -0.15) is 0 Å². The molecule has 0 aliphatic heterocycles. The molecule has 0 atom stereocenters. The van der Waals surface area contributed by atoms with E-state index in [-0.39, 0.29) is 11.5 Å². The van der Waals surface area contributed by atoms with Crippen molar-refractivity contribution in [1.29, 1.82) is 0 Å². The van der Waals surface area contributed by atoms with E-state index in [2.05, 4.69) is 5.32 Å². The summed E-state index contributed by atoms with van der Waals surface area (Å²) in [6, 6.07) is 20.6. The van der Waals surface area contributed by atoms with Crippen molar-refractivity contribution < 1.29 is 14.3 Å². The van der Waals surface area contributed by atoms with Crippen LogP contribution in [0.1, 0.15) is 38.3 Å². The number of aromatic carboxylic acids is 1. The molecular weight excluding hydrogens is 391 g/mol. The van der Waals surface area contributed by atoms with Gasteiger partial charge in [-0.25, -0.2) is 9.18 Å². The number of aromatic nitrogens is 1. The molecule has 0 saturated heterocycles. The third-order valence-corrected chi connectivity index (χ3v) is 5.51. The molecule has 4 nitrogen and oxygen atoms in total. The summed E-state index contributed by atoms with van der Waals surface area (Å²) < 4.78 is 15.3. The van der Waals surface area contributed by atoms with Gasteiger partial charge in [-0.1, -0.05) is 54.1 Å². The Balaban J connectivity index is 1.72. The van der Waals surface area contributed by atoms with Gasteiger partial charge in [-0.15, -0.1) is 0 Å². The van der Waals surface area contributed by atoms with Gasteiger partial charge in [0.25, 0.3) is 0 Å². The van der Waals surface area contributed by atoms with Crippen molar-refractivity contribution in [2.45, 2.75) is 33.5 Å². The Labute approximate surface area is 181 Å². The lowest BCUT2D eigenvalue weighted by Crippen LogP contribution is -2.17. The van der Waals surface area contributed by atoms with Gasteiger partial charge >= 0.3 is 5.97 Å². The lowest BCUT2D eigenvalue weighted by Gasteiger charge is -2.10. The maximum Gasteiger partial charge on any atom is 0.352 e. The van der Waals surface area contributed by atoms with Gasteiger partial charge < -0.3 is 15.0 Å². The Morgan fingerprint density at radius 2 is 1.68 bits per heavy atom. The first-order valence-corrected chi connectivity index (χ1v) is 10.3. The highest BCUT2D eigenvalue weighted by atomic mass is 19.1. The smallest absolute Gasteiger partial charge is 0.352 e. The van der Waals surface area contributed by atoms with E-state index < -0.39 is 5.97 Å². The molecule has 4 rings (SSSR count). The molecule has 0 amide bonds. The molecule has 158 valence electrons. The Morgan fingerprint density at radius 1 is 0.935 bits per heavy atom. The normalized spacial score (nSPS) is 11.2. The van der Waals surface area contributed by atoms with Crippen molar-refractivity contribution in [2.24, 2.45) is 0 Å². The summed E-state index contributed by atoms with van der Waals surface area (Å²) >= 11 is 0. The third kappa shape index (κ3) is 4.52. The summed E-state index contributed by atoms with van der Waals surface area (Å²) in [4.78, 5) is 12.3. The number of carbonyl (C=O) groups is 1. The van der Waals surface area contributed by atoms with Crippen LogP contribution in [0.2, 0.25) is 0 Å². The van der Waals surface area contributed by atoms with Crippen LogP contribution in [0.5, 0.6) is 0 Å². The van der Waals surface area contributed by atoms with Crippen LogP contribution in [0, 0.1) is 19.7 Å². The minimum absolute atomic E-state index is 0.282. The highest BCUT2D eigenvalue weighted by Crippen LogP contribution is 2.29. The molecule has 0 aliphatic carbocycles. The number of halogens is 1. The first kappa shape index (κ1) is 20.8. The predicted octanol–water partition coefficient (Wildman–Crippen LogP) is 5.43. The largest absolute Gasteiger partial charge is 0.477 e. The first-order chi connectivity index (χ1) is 14.9. The number of fused-ring (bicyclic) bond motifs is 1. The van der Waals surface area contributed by atoms with E-state index in [4.69, 9.17) is 0 Å². The molecule has 1 aromatic heterocycles. The average molecular weight is 416 g/mol. The number of aryl methyl sites for hydroxylation is 2. The fraction of sp³-hybridized carbons (Fsp3) is 0.192. The number of carboxylic acid groups (broad SMARTS) is 1. The lowest BCUT2D eigenvalue weighted by atomic mass is 10.1. The summed E-state index contributed by atoms with van der Waals surface area (Å²) in [6.45, 7) is 5.34. The third-order valence-electron chi connectivity index (χ3n) is 5.51. The van der Waals surface area contributed by atoms with E-state index in [1.54, 1.807) is 6.07 Å². The molecule has 4 aromatic rings. The number of benzene rings is 3. The summed E-state index contributed by atoms with van der Waals surface area (Å²) in [5, 5.41) is 14.3. The molecule has 5 heteroatoms.